The molecule has 0 spiro atoms. The molecule has 124 valence electrons. The van der Waals surface area contributed by atoms with Crippen molar-refractivity contribution in [2.24, 2.45) is 0 Å². The predicted octanol–water partition coefficient (Wildman–Crippen LogP) is 0.778. The number of carbonyl (C=O) groups is 3. The van der Waals surface area contributed by atoms with Crippen molar-refractivity contribution in [2.45, 2.75) is 31.8 Å². The maximum Gasteiger partial charge on any atom is 0.347 e. The Labute approximate surface area is 135 Å². The maximum absolute atomic E-state index is 12.2. The van der Waals surface area contributed by atoms with Crippen molar-refractivity contribution in [3.63, 3.8) is 0 Å². The van der Waals surface area contributed by atoms with Crippen LogP contribution in [0.25, 0.3) is 11.0 Å². The van der Waals surface area contributed by atoms with E-state index in [9.17, 15) is 29.4 Å². The number of phenolic OH excluding ortho intramolecular Hbond substituents is 1. The molecule has 0 aliphatic heterocycles. The van der Waals surface area contributed by atoms with Gasteiger partial charge in [-0.3, -0.25) is 4.79 Å². The molecule has 0 fully saturated rings. The quantitative estimate of drug-likeness (QED) is 0.627. The second-order valence-electron chi connectivity index (χ2n) is 5.79. The number of hydrogen-bond donors (Lipinski definition) is 2. The summed E-state index contributed by atoms with van der Waals surface area (Å²) in [5.41, 5.74) is -0.00727. The molecular formula is C17H14O7. The summed E-state index contributed by atoms with van der Waals surface area (Å²) in [6.45, 7) is 1.67. The fourth-order valence-corrected chi connectivity index (χ4v) is 3.28. The zero-order valence-corrected chi connectivity index (χ0v) is 12.7. The second kappa shape index (κ2) is 5.68. The van der Waals surface area contributed by atoms with E-state index in [2.05, 4.69) is 0 Å². The summed E-state index contributed by atoms with van der Waals surface area (Å²) in [5, 5.41) is 20.4. The largest absolute Gasteiger partial charge is 0.507 e. The van der Waals surface area contributed by atoms with E-state index in [0.717, 1.165) is 0 Å². The highest BCUT2D eigenvalue weighted by Gasteiger charge is 2.32. The standard InChI is InChI=1S/C17H14O7/c1-7-4-11(21)14(9(5-18)12(22)6-19)16-13(7)8-2-3-10(20)15(8)17(23)24-16/h4-6,9,12,21-22H,2-3H2,1H3. The van der Waals surface area contributed by atoms with Gasteiger partial charge in [0.2, 0.25) is 0 Å². The van der Waals surface area contributed by atoms with Crippen molar-refractivity contribution in [1.82, 2.24) is 0 Å². The van der Waals surface area contributed by atoms with Gasteiger partial charge in [0, 0.05) is 11.8 Å². The van der Waals surface area contributed by atoms with Crippen LogP contribution >= 0.6 is 0 Å². The topological polar surface area (TPSA) is 122 Å². The number of ketones is 1. The Morgan fingerprint density at radius 3 is 2.54 bits per heavy atom. The van der Waals surface area contributed by atoms with E-state index in [4.69, 9.17) is 4.42 Å². The molecule has 2 unspecified atom stereocenters. The lowest BCUT2D eigenvalue weighted by Gasteiger charge is -2.18. The van der Waals surface area contributed by atoms with Crippen LogP contribution in [0.3, 0.4) is 0 Å². The van der Waals surface area contributed by atoms with Gasteiger partial charge in [0.1, 0.15) is 35.6 Å². The minimum Gasteiger partial charge on any atom is -0.507 e. The fraction of sp³-hybridized carbons (Fsp3) is 0.294. The summed E-state index contributed by atoms with van der Waals surface area (Å²) in [7, 11) is 0. The normalized spacial score (nSPS) is 16.0. The number of Topliss-reactive ketones (excluding diaryl/α,β-unsaturated/α-hetero) is 1. The van der Waals surface area contributed by atoms with Gasteiger partial charge >= 0.3 is 5.63 Å². The van der Waals surface area contributed by atoms with Gasteiger partial charge in [-0.05, 0) is 30.5 Å². The molecule has 3 rings (SSSR count). The van der Waals surface area contributed by atoms with Crippen molar-refractivity contribution < 1.29 is 29.0 Å². The number of phenols is 1. The molecule has 24 heavy (non-hydrogen) atoms. The van der Waals surface area contributed by atoms with Crippen LogP contribution in [0.4, 0.5) is 0 Å². The third kappa shape index (κ3) is 2.16. The molecule has 2 N–H and O–H groups in total. The smallest absolute Gasteiger partial charge is 0.347 e. The molecule has 1 heterocycles. The molecule has 2 atom stereocenters. The molecule has 1 aromatic heterocycles. The van der Waals surface area contributed by atoms with Gasteiger partial charge in [-0.15, -0.1) is 0 Å². The number of aldehydes is 2. The zero-order valence-electron chi connectivity index (χ0n) is 12.7. The Morgan fingerprint density at radius 2 is 1.92 bits per heavy atom. The molecule has 0 saturated heterocycles. The van der Waals surface area contributed by atoms with Crippen LogP contribution in [0, 0.1) is 6.92 Å². The van der Waals surface area contributed by atoms with Gasteiger partial charge in [-0.1, -0.05) is 0 Å². The van der Waals surface area contributed by atoms with Crippen LogP contribution in [0.2, 0.25) is 0 Å². The van der Waals surface area contributed by atoms with Crippen molar-refractivity contribution in [1.29, 1.82) is 0 Å². The monoisotopic (exact) mass is 330 g/mol. The molecule has 0 amide bonds. The third-order valence-electron chi connectivity index (χ3n) is 4.37. The van der Waals surface area contributed by atoms with Crippen LogP contribution in [0.15, 0.2) is 15.3 Å². The molecule has 1 aromatic carbocycles. The molecule has 0 bridgehead atoms. The highest BCUT2D eigenvalue weighted by atomic mass is 16.4. The average molecular weight is 330 g/mol. The number of benzene rings is 1. The lowest BCUT2D eigenvalue weighted by atomic mass is 9.89. The van der Waals surface area contributed by atoms with E-state index in [0.29, 0.717) is 29.2 Å². The summed E-state index contributed by atoms with van der Waals surface area (Å²) >= 11 is 0. The maximum atomic E-state index is 12.2. The number of aromatic hydroxyl groups is 1. The Bertz CT molecular complexity index is 938. The summed E-state index contributed by atoms with van der Waals surface area (Å²) in [5.74, 6) is -2.07. The van der Waals surface area contributed by atoms with Gasteiger partial charge in [0.05, 0.1) is 11.5 Å². The van der Waals surface area contributed by atoms with E-state index < -0.39 is 17.6 Å². The van der Waals surface area contributed by atoms with E-state index in [1.807, 2.05) is 0 Å². The first-order valence-corrected chi connectivity index (χ1v) is 7.34. The Balaban J connectivity index is 2.46. The lowest BCUT2D eigenvalue weighted by Crippen LogP contribution is -2.22. The summed E-state index contributed by atoms with van der Waals surface area (Å²) in [4.78, 5) is 46.3. The SMILES string of the molecule is Cc1cc(O)c(C(C=O)C(O)C=O)c2oc(=O)c3c(c12)CCC3=O. The zero-order chi connectivity index (χ0) is 17.6. The highest BCUT2D eigenvalue weighted by Crippen LogP contribution is 2.39. The highest BCUT2D eigenvalue weighted by molar-refractivity contribution is 6.05. The van der Waals surface area contributed by atoms with Gasteiger partial charge in [-0.2, -0.15) is 0 Å². The number of fused-ring (bicyclic) bond motifs is 3. The molecule has 1 aliphatic rings. The Morgan fingerprint density at radius 1 is 1.21 bits per heavy atom. The average Bonchev–Trinajstić information content (AvgIpc) is 2.92. The first-order valence-electron chi connectivity index (χ1n) is 7.34. The van der Waals surface area contributed by atoms with Crippen molar-refractivity contribution in [2.75, 3.05) is 0 Å². The molecule has 7 heteroatoms. The molecule has 0 saturated carbocycles. The van der Waals surface area contributed by atoms with E-state index in [1.165, 1.54) is 6.07 Å². The van der Waals surface area contributed by atoms with Crippen molar-refractivity contribution in [3.8, 4) is 5.75 Å². The summed E-state index contributed by atoms with van der Waals surface area (Å²) < 4.78 is 5.22. The minimum atomic E-state index is -1.69. The molecule has 2 aromatic rings. The molecule has 0 radical (unpaired) electrons. The van der Waals surface area contributed by atoms with E-state index in [-0.39, 0.29) is 40.9 Å². The number of aliphatic hydroxyl groups excluding tert-OH is 1. The van der Waals surface area contributed by atoms with Gasteiger partial charge in [0.25, 0.3) is 0 Å². The van der Waals surface area contributed by atoms with Gasteiger partial charge in [0.15, 0.2) is 5.78 Å². The minimum absolute atomic E-state index is 0.0131. The van der Waals surface area contributed by atoms with E-state index >= 15 is 0 Å². The second-order valence-corrected chi connectivity index (χ2v) is 5.79. The first kappa shape index (κ1) is 16.1. The summed E-state index contributed by atoms with van der Waals surface area (Å²) in [6, 6.07) is 1.36. The first-order chi connectivity index (χ1) is 11.4. The fourth-order valence-electron chi connectivity index (χ4n) is 3.28. The molecule has 1 aliphatic carbocycles. The number of rotatable bonds is 4. The number of aliphatic hydroxyl groups is 1. The van der Waals surface area contributed by atoms with E-state index in [1.54, 1.807) is 6.92 Å². The van der Waals surface area contributed by atoms with Crippen LogP contribution in [0.5, 0.6) is 5.75 Å². The summed E-state index contributed by atoms with van der Waals surface area (Å²) in [6.07, 6.45) is -0.688. The Kier molecular flexibility index (Phi) is 3.81. The lowest BCUT2D eigenvalue weighted by molar-refractivity contribution is -0.120. The van der Waals surface area contributed by atoms with Crippen LogP contribution in [-0.4, -0.2) is 34.7 Å². The Hall–Kier alpha value is -2.80. The van der Waals surface area contributed by atoms with Crippen LogP contribution in [0.1, 0.15) is 39.4 Å². The number of carbonyl (C=O) groups excluding carboxylic acids is 3. The number of aryl methyl sites for hydroxylation is 2. The van der Waals surface area contributed by atoms with Gasteiger partial charge < -0.3 is 24.2 Å². The number of hydrogen-bond acceptors (Lipinski definition) is 7. The van der Waals surface area contributed by atoms with Gasteiger partial charge in [-0.25, -0.2) is 4.79 Å². The van der Waals surface area contributed by atoms with Crippen molar-refractivity contribution >= 4 is 29.3 Å². The van der Waals surface area contributed by atoms with Crippen molar-refractivity contribution in [3.05, 3.63) is 38.7 Å². The third-order valence-corrected chi connectivity index (χ3v) is 4.37. The predicted molar refractivity (Wildman–Crippen MR) is 82.4 cm³/mol. The van der Waals surface area contributed by atoms with Crippen LogP contribution in [-0.2, 0) is 16.0 Å². The molecular weight excluding hydrogens is 316 g/mol. The molecule has 7 nitrogen and oxygen atoms in total. The van der Waals surface area contributed by atoms with Crippen LogP contribution < -0.4 is 5.63 Å².